The molecule has 13 heavy (non-hydrogen) atoms. The minimum absolute atomic E-state index is 0.341. The summed E-state index contributed by atoms with van der Waals surface area (Å²) in [6.07, 6.45) is 0. The summed E-state index contributed by atoms with van der Waals surface area (Å²) in [5.74, 6) is 0. The molecule has 1 aromatic carbocycles. The van der Waals surface area contributed by atoms with Crippen LogP contribution in [-0.2, 0) is 10.8 Å². The number of aryl methyl sites for hydroxylation is 1. The summed E-state index contributed by atoms with van der Waals surface area (Å²) in [6.45, 7) is 11.6. The number of fused-ring (bicyclic) bond motifs is 1. The molecule has 0 bridgehead atoms. The Morgan fingerprint density at radius 3 is 2.08 bits per heavy atom. The average Bonchev–Trinajstić information content (AvgIpc) is 2.03. The minimum Gasteiger partial charge on any atom is -0.0617 e. The zero-order chi connectivity index (χ0) is 9.85. The second-order valence-electron chi connectivity index (χ2n) is 5.25. The highest BCUT2D eigenvalue weighted by molar-refractivity contribution is 5.56. The Labute approximate surface area is 81.0 Å². The van der Waals surface area contributed by atoms with E-state index in [9.17, 15) is 0 Å². The number of benzene rings is 1. The highest BCUT2D eigenvalue weighted by atomic mass is 14.5. The van der Waals surface area contributed by atoms with Crippen LogP contribution in [0.15, 0.2) is 18.2 Å². The van der Waals surface area contributed by atoms with Gasteiger partial charge in [-0.05, 0) is 34.4 Å². The van der Waals surface area contributed by atoms with E-state index >= 15 is 0 Å². The first-order valence-electron chi connectivity index (χ1n) is 4.99. The molecule has 70 valence electrons. The van der Waals surface area contributed by atoms with Crippen molar-refractivity contribution in [2.24, 2.45) is 0 Å². The quantitative estimate of drug-likeness (QED) is 0.564. The highest BCUT2D eigenvalue weighted by Gasteiger charge is 2.51. The van der Waals surface area contributed by atoms with Gasteiger partial charge in [-0.15, -0.1) is 0 Å². The van der Waals surface area contributed by atoms with Crippen LogP contribution in [0.25, 0.3) is 0 Å². The predicted octanol–water partition coefficient (Wildman–Crippen LogP) is 3.56. The highest BCUT2D eigenvalue weighted by Crippen LogP contribution is 2.56. The van der Waals surface area contributed by atoms with E-state index in [1.807, 2.05) is 0 Å². The summed E-state index contributed by atoms with van der Waals surface area (Å²) >= 11 is 0. The standard InChI is InChI=1S/C13H18/c1-9-7-6-8-10-11(9)13(4,5)12(10,2)3/h6-8H,1-5H3. The first kappa shape index (κ1) is 8.80. The molecule has 0 nitrogen and oxygen atoms in total. The van der Waals surface area contributed by atoms with Gasteiger partial charge in [-0.1, -0.05) is 45.9 Å². The van der Waals surface area contributed by atoms with Crippen molar-refractivity contribution < 1.29 is 0 Å². The molecule has 0 aromatic heterocycles. The Morgan fingerprint density at radius 2 is 1.54 bits per heavy atom. The lowest BCUT2D eigenvalue weighted by atomic mass is 9.49. The molecule has 0 saturated heterocycles. The molecule has 0 atom stereocenters. The lowest BCUT2D eigenvalue weighted by Gasteiger charge is -2.55. The maximum absolute atomic E-state index is 2.35. The van der Waals surface area contributed by atoms with Gasteiger partial charge in [0.2, 0.25) is 0 Å². The SMILES string of the molecule is Cc1cccc2c1C(C)(C)C2(C)C. The first-order valence-corrected chi connectivity index (χ1v) is 4.99. The molecule has 1 aromatic rings. The van der Waals surface area contributed by atoms with E-state index in [0.717, 1.165) is 0 Å². The van der Waals surface area contributed by atoms with Crippen molar-refractivity contribution in [3.63, 3.8) is 0 Å². The first-order chi connectivity index (χ1) is 5.89. The third kappa shape index (κ3) is 0.815. The third-order valence-electron chi connectivity index (χ3n) is 4.13. The molecular weight excluding hydrogens is 156 g/mol. The molecule has 1 aliphatic carbocycles. The van der Waals surface area contributed by atoms with Gasteiger partial charge < -0.3 is 0 Å². The Kier molecular flexibility index (Phi) is 1.47. The van der Waals surface area contributed by atoms with Crippen molar-refractivity contribution in [3.05, 3.63) is 34.9 Å². The average molecular weight is 174 g/mol. The molecule has 0 aliphatic heterocycles. The summed E-state index contributed by atoms with van der Waals surface area (Å²) < 4.78 is 0. The maximum atomic E-state index is 2.35. The topological polar surface area (TPSA) is 0 Å². The molecule has 0 N–H and O–H groups in total. The molecule has 0 spiro atoms. The Hall–Kier alpha value is -0.780. The fraction of sp³-hybridized carbons (Fsp3) is 0.538. The van der Waals surface area contributed by atoms with E-state index in [1.54, 1.807) is 5.56 Å². The maximum Gasteiger partial charge on any atom is -0.000638 e. The molecule has 1 aliphatic rings. The van der Waals surface area contributed by atoms with Gasteiger partial charge in [0.15, 0.2) is 0 Å². The monoisotopic (exact) mass is 174 g/mol. The summed E-state index contributed by atoms with van der Waals surface area (Å²) in [5.41, 5.74) is 5.24. The number of hydrogen-bond acceptors (Lipinski definition) is 0. The van der Waals surface area contributed by atoms with Crippen LogP contribution in [-0.4, -0.2) is 0 Å². The smallest absolute Gasteiger partial charge is 0.000638 e. The van der Waals surface area contributed by atoms with Crippen molar-refractivity contribution in [2.45, 2.75) is 45.4 Å². The van der Waals surface area contributed by atoms with Crippen molar-refractivity contribution >= 4 is 0 Å². The van der Waals surface area contributed by atoms with Gasteiger partial charge >= 0.3 is 0 Å². The normalized spacial score (nSPS) is 21.9. The second kappa shape index (κ2) is 2.17. The zero-order valence-electron chi connectivity index (χ0n) is 9.23. The minimum atomic E-state index is 0.341. The van der Waals surface area contributed by atoms with E-state index in [2.05, 4.69) is 52.8 Å². The molecular formula is C13H18. The van der Waals surface area contributed by atoms with Crippen LogP contribution in [0.4, 0.5) is 0 Å². The fourth-order valence-electron chi connectivity index (χ4n) is 2.60. The van der Waals surface area contributed by atoms with Crippen molar-refractivity contribution in [1.82, 2.24) is 0 Å². The number of hydrogen-bond donors (Lipinski definition) is 0. The van der Waals surface area contributed by atoms with Crippen LogP contribution in [0.5, 0.6) is 0 Å². The Morgan fingerprint density at radius 1 is 0.923 bits per heavy atom. The molecule has 0 fully saturated rings. The van der Waals surface area contributed by atoms with E-state index in [-0.39, 0.29) is 0 Å². The van der Waals surface area contributed by atoms with Gasteiger partial charge in [0, 0.05) is 0 Å². The number of rotatable bonds is 0. The summed E-state index contributed by atoms with van der Waals surface area (Å²) in [7, 11) is 0. The lowest BCUT2D eigenvalue weighted by Crippen LogP contribution is -2.51. The van der Waals surface area contributed by atoms with E-state index < -0.39 is 0 Å². The molecule has 0 amide bonds. The van der Waals surface area contributed by atoms with Gasteiger partial charge in [0.05, 0.1) is 0 Å². The molecule has 0 radical (unpaired) electrons. The van der Waals surface area contributed by atoms with Gasteiger partial charge in [-0.2, -0.15) is 0 Å². The van der Waals surface area contributed by atoms with Crippen LogP contribution >= 0.6 is 0 Å². The third-order valence-corrected chi connectivity index (χ3v) is 4.13. The van der Waals surface area contributed by atoms with Crippen LogP contribution in [0.3, 0.4) is 0 Å². The Balaban J connectivity index is 2.70. The molecule has 0 heteroatoms. The summed E-state index contributed by atoms with van der Waals surface area (Å²) in [4.78, 5) is 0. The van der Waals surface area contributed by atoms with Crippen LogP contribution in [0, 0.1) is 6.92 Å². The Bertz CT molecular complexity index is 356. The van der Waals surface area contributed by atoms with E-state index in [0.29, 0.717) is 10.8 Å². The van der Waals surface area contributed by atoms with Crippen molar-refractivity contribution in [3.8, 4) is 0 Å². The zero-order valence-corrected chi connectivity index (χ0v) is 9.23. The second-order valence-corrected chi connectivity index (χ2v) is 5.25. The van der Waals surface area contributed by atoms with Crippen LogP contribution < -0.4 is 0 Å². The van der Waals surface area contributed by atoms with Crippen molar-refractivity contribution in [1.29, 1.82) is 0 Å². The van der Waals surface area contributed by atoms with Crippen molar-refractivity contribution in [2.75, 3.05) is 0 Å². The summed E-state index contributed by atoms with van der Waals surface area (Å²) in [6, 6.07) is 6.66. The lowest BCUT2D eigenvalue weighted by molar-refractivity contribution is 0.240. The van der Waals surface area contributed by atoms with Crippen LogP contribution in [0.1, 0.15) is 44.4 Å². The molecule has 2 rings (SSSR count). The van der Waals surface area contributed by atoms with Gasteiger partial charge in [-0.25, -0.2) is 0 Å². The summed E-state index contributed by atoms with van der Waals surface area (Å²) in [5, 5.41) is 0. The van der Waals surface area contributed by atoms with Gasteiger partial charge in [-0.3, -0.25) is 0 Å². The molecule has 0 unspecified atom stereocenters. The molecule has 0 heterocycles. The van der Waals surface area contributed by atoms with E-state index in [4.69, 9.17) is 0 Å². The largest absolute Gasteiger partial charge is 0.0617 e. The van der Waals surface area contributed by atoms with Gasteiger partial charge in [0.1, 0.15) is 0 Å². The molecule has 0 saturated carbocycles. The predicted molar refractivity (Wildman–Crippen MR) is 57.2 cm³/mol. The van der Waals surface area contributed by atoms with E-state index in [1.165, 1.54) is 11.1 Å². The fourth-order valence-corrected chi connectivity index (χ4v) is 2.60. The van der Waals surface area contributed by atoms with Crippen LogP contribution in [0.2, 0.25) is 0 Å². The van der Waals surface area contributed by atoms with Gasteiger partial charge in [0.25, 0.3) is 0 Å².